The lowest BCUT2D eigenvalue weighted by Gasteiger charge is -2.11. The quantitative estimate of drug-likeness (QED) is 0.556. The summed E-state index contributed by atoms with van der Waals surface area (Å²) in [7, 11) is 0. The van der Waals surface area contributed by atoms with Crippen molar-refractivity contribution < 1.29 is 26.8 Å². The number of carbonyl (C=O) groups excluding carboxylic acids is 1. The number of rotatable bonds is 2. The van der Waals surface area contributed by atoms with Crippen molar-refractivity contribution in [3.8, 4) is 0 Å². The molecule has 0 aliphatic carbocycles. The Labute approximate surface area is 137 Å². The fraction of sp³-hybridized carbons (Fsp3) is 0.0588. The number of halogens is 4. The summed E-state index contributed by atoms with van der Waals surface area (Å²) in [5.41, 5.74) is -2.81. The van der Waals surface area contributed by atoms with Crippen LogP contribution in [0.2, 0.25) is 0 Å². The maximum atomic E-state index is 13.6. The Kier molecular flexibility index (Phi) is 4.03. The molecule has 3 rings (SSSR count). The van der Waals surface area contributed by atoms with Crippen LogP contribution in [0.15, 0.2) is 57.7 Å². The van der Waals surface area contributed by atoms with E-state index in [1.807, 2.05) is 0 Å². The summed E-state index contributed by atoms with van der Waals surface area (Å²) in [5, 5.41) is 2.02. The van der Waals surface area contributed by atoms with E-state index in [0.29, 0.717) is 6.07 Å². The van der Waals surface area contributed by atoms with Crippen LogP contribution < -0.4 is 10.9 Å². The molecule has 0 fully saturated rings. The molecule has 1 N–H and O–H groups in total. The molecule has 0 saturated carbocycles. The van der Waals surface area contributed by atoms with E-state index >= 15 is 0 Å². The van der Waals surface area contributed by atoms with Crippen LogP contribution >= 0.6 is 0 Å². The van der Waals surface area contributed by atoms with Crippen LogP contribution in [-0.2, 0) is 6.18 Å². The van der Waals surface area contributed by atoms with Crippen molar-refractivity contribution in [2.45, 2.75) is 6.18 Å². The SMILES string of the molecule is O=C(Nc1ccc2c(C(F)(F)F)cc(=O)oc2c1)c1ccccc1F. The first kappa shape index (κ1) is 16.7. The number of fused-ring (bicyclic) bond motifs is 1. The fourth-order valence-corrected chi connectivity index (χ4v) is 2.32. The topological polar surface area (TPSA) is 59.3 Å². The zero-order valence-electron chi connectivity index (χ0n) is 12.4. The number of hydrogen-bond acceptors (Lipinski definition) is 3. The molecular weight excluding hydrogens is 342 g/mol. The Morgan fingerprint density at radius 3 is 2.44 bits per heavy atom. The van der Waals surface area contributed by atoms with Gasteiger partial charge >= 0.3 is 11.8 Å². The van der Waals surface area contributed by atoms with Crippen LogP contribution in [0.4, 0.5) is 23.2 Å². The van der Waals surface area contributed by atoms with Gasteiger partial charge in [0.1, 0.15) is 11.4 Å². The predicted molar refractivity (Wildman–Crippen MR) is 81.8 cm³/mol. The van der Waals surface area contributed by atoms with E-state index in [2.05, 4.69) is 5.32 Å². The molecule has 0 saturated heterocycles. The third-order valence-corrected chi connectivity index (χ3v) is 3.43. The van der Waals surface area contributed by atoms with Crippen molar-refractivity contribution >= 4 is 22.6 Å². The zero-order chi connectivity index (χ0) is 18.2. The summed E-state index contributed by atoms with van der Waals surface area (Å²) >= 11 is 0. The Bertz CT molecular complexity index is 1020. The molecule has 2 aromatic carbocycles. The highest BCUT2D eigenvalue weighted by Crippen LogP contribution is 2.34. The molecule has 0 bridgehead atoms. The number of nitrogens with one attached hydrogen (secondary N) is 1. The van der Waals surface area contributed by atoms with E-state index in [1.165, 1.54) is 24.3 Å². The lowest BCUT2D eigenvalue weighted by molar-refractivity contribution is -0.136. The highest BCUT2D eigenvalue weighted by Gasteiger charge is 2.33. The second kappa shape index (κ2) is 6.04. The molecule has 25 heavy (non-hydrogen) atoms. The van der Waals surface area contributed by atoms with E-state index in [-0.39, 0.29) is 22.2 Å². The first-order valence-corrected chi connectivity index (χ1v) is 6.97. The van der Waals surface area contributed by atoms with Gasteiger partial charge in [0.2, 0.25) is 0 Å². The average molecular weight is 351 g/mol. The first-order valence-electron chi connectivity index (χ1n) is 6.97. The average Bonchev–Trinajstić information content (AvgIpc) is 2.53. The molecule has 1 amide bonds. The second-order valence-electron chi connectivity index (χ2n) is 5.12. The van der Waals surface area contributed by atoms with Gasteiger partial charge in [-0.05, 0) is 24.3 Å². The number of carbonyl (C=O) groups is 1. The summed E-state index contributed by atoms with van der Waals surface area (Å²) < 4.78 is 57.3. The molecule has 4 nitrogen and oxygen atoms in total. The first-order chi connectivity index (χ1) is 11.8. The van der Waals surface area contributed by atoms with Gasteiger partial charge in [0, 0.05) is 23.2 Å². The Morgan fingerprint density at radius 1 is 1.04 bits per heavy atom. The summed E-state index contributed by atoms with van der Waals surface area (Å²) in [6.07, 6.45) is -4.73. The number of alkyl halides is 3. The molecule has 0 aliphatic rings. The summed E-state index contributed by atoms with van der Waals surface area (Å²) in [6.45, 7) is 0. The van der Waals surface area contributed by atoms with E-state index in [0.717, 1.165) is 18.2 Å². The third kappa shape index (κ3) is 3.37. The smallest absolute Gasteiger partial charge is 0.417 e. The van der Waals surface area contributed by atoms with Gasteiger partial charge in [-0.25, -0.2) is 9.18 Å². The normalized spacial score (nSPS) is 11.5. The van der Waals surface area contributed by atoms with Crippen molar-refractivity contribution in [3.05, 3.63) is 75.9 Å². The van der Waals surface area contributed by atoms with E-state index in [4.69, 9.17) is 4.42 Å². The van der Waals surface area contributed by atoms with Gasteiger partial charge in [-0.15, -0.1) is 0 Å². The minimum Gasteiger partial charge on any atom is -0.423 e. The number of hydrogen-bond donors (Lipinski definition) is 1. The number of anilines is 1. The Morgan fingerprint density at radius 2 is 1.76 bits per heavy atom. The maximum absolute atomic E-state index is 13.6. The van der Waals surface area contributed by atoms with E-state index < -0.39 is 29.1 Å². The minimum absolute atomic E-state index is 0.0585. The van der Waals surface area contributed by atoms with Crippen molar-refractivity contribution in [3.63, 3.8) is 0 Å². The molecule has 0 spiro atoms. The molecular formula is C17H9F4NO3. The standard InChI is InChI=1S/C17H9F4NO3/c18-13-4-2-1-3-11(13)16(24)22-9-5-6-10-12(17(19,20)21)8-15(23)25-14(10)7-9/h1-8H,(H,22,24). The van der Waals surface area contributed by atoms with Gasteiger partial charge in [0.05, 0.1) is 11.1 Å². The highest BCUT2D eigenvalue weighted by atomic mass is 19.4. The van der Waals surface area contributed by atoms with Crippen LogP contribution in [0.25, 0.3) is 11.0 Å². The zero-order valence-corrected chi connectivity index (χ0v) is 12.4. The molecule has 3 aromatic rings. The van der Waals surface area contributed by atoms with Gasteiger partial charge in [0.15, 0.2) is 0 Å². The summed E-state index contributed by atoms with van der Waals surface area (Å²) in [4.78, 5) is 23.4. The molecule has 0 radical (unpaired) electrons. The van der Waals surface area contributed by atoms with Gasteiger partial charge in [-0.3, -0.25) is 4.79 Å². The molecule has 8 heteroatoms. The van der Waals surface area contributed by atoms with Crippen LogP contribution in [0, 0.1) is 5.82 Å². The predicted octanol–water partition coefficient (Wildman–Crippen LogP) is 4.20. The van der Waals surface area contributed by atoms with Gasteiger partial charge in [0.25, 0.3) is 5.91 Å². The monoisotopic (exact) mass is 351 g/mol. The Balaban J connectivity index is 2.01. The van der Waals surface area contributed by atoms with Crippen LogP contribution in [0.5, 0.6) is 0 Å². The van der Waals surface area contributed by atoms with Crippen molar-refractivity contribution in [1.29, 1.82) is 0 Å². The van der Waals surface area contributed by atoms with Gasteiger partial charge in [-0.2, -0.15) is 13.2 Å². The molecule has 0 unspecified atom stereocenters. The van der Waals surface area contributed by atoms with Crippen molar-refractivity contribution in [1.82, 2.24) is 0 Å². The molecule has 1 heterocycles. The molecule has 1 aromatic heterocycles. The van der Waals surface area contributed by atoms with Gasteiger partial charge < -0.3 is 9.73 Å². The van der Waals surface area contributed by atoms with Crippen LogP contribution in [0.1, 0.15) is 15.9 Å². The van der Waals surface area contributed by atoms with Gasteiger partial charge in [-0.1, -0.05) is 12.1 Å². The van der Waals surface area contributed by atoms with E-state index in [9.17, 15) is 27.2 Å². The summed E-state index contributed by atoms with van der Waals surface area (Å²) in [6, 6.07) is 8.94. The highest BCUT2D eigenvalue weighted by molar-refractivity contribution is 6.05. The number of benzene rings is 2. The van der Waals surface area contributed by atoms with Crippen molar-refractivity contribution in [2.24, 2.45) is 0 Å². The second-order valence-corrected chi connectivity index (χ2v) is 5.12. The lowest BCUT2D eigenvalue weighted by Crippen LogP contribution is -2.14. The lowest BCUT2D eigenvalue weighted by atomic mass is 10.1. The summed E-state index contributed by atoms with van der Waals surface area (Å²) in [5.74, 6) is -1.53. The van der Waals surface area contributed by atoms with Crippen molar-refractivity contribution in [2.75, 3.05) is 5.32 Å². The minimum atomic E-state index is -4.73. The van der Waals surface area contributed by atoms with Crippen LogP contribution in [-0.4, -0.2) is 5.91 Å². The molecule has 128 valence electrons. The van der Waals surface area contributed by atoms with E-state index in [1.54, 1.807) is 0 Å². The Hall–Kier alpha value is -3.16. The maximum Gasteiger partial charge on any atom is 0.417 e. The number of amides is 1. The molecule has 0 atom stereocenters. The largest absolute Gasteiger partial charge is 0.423 e. The van der Waals surface area contributed by atoms with Crippen LogP contribution in [0.3, 0.4) is 0 Å². The third-order valence-electron chi connectivity index (χ3n) is 3.43. The molecule has 0 aliphatic heterocycles. The fourth-order valence-electron chi connectivity index (χ4n) is 2.32.